The molecule has 0 aromatic carbocycles. The monoisotopic (exact) mass is 295 g/mol. The maximum Gasteiger partial charge on any atom is 0.126 e. The van der Waals surface area contributed by atoms with Gasteiger partial charge in [-0.25, -0.2) is 4.98 Å². The molecule has 2 rings (SSSR count). The van der Waals surface area contributed by atoms with Crippen LogP contribution in [-0.2, 0) is 6.54 Å². The molecule has 5 nitrogen and oxygen atoms in total. The van der Waals surface area contributed by atoms with Crippen LogP contribution in [0.5, 0.6) is 0 Å². The van der Waals surface area contributed by atoms with E-state index in [9.17, 15) is 0 Å². The molecule has 3 N–H and O–H groups in total. The molecule has 0 radical (unpaired) electrons. The van der Waals surface area contributed by atoms with Crippen LogP contribution >= 0.6 is 15.9 Å². The van der Waals surface area contributed by atoms with Gasteiger partial charge in [0.1, 0.15) is 5.82 Å². The molecule has 0 unspecified atom stereocenters. The summed E-state index contributed by atoms with van der Waals surface area (Å²) in [7, 11) is 0. The lowest BCUT2D eigenvalue weighted by atomic mass is 10.4. The minimum absolute atomic E-state index is 0.683. The number of halogens is 1. The van der Waals surface area contributed by atoms with Crippen LogP contribution in [0, 0.1) is 6.92 Å². The highest BCUT2D eigenvalue weighted by Gasteiger charge is 1.99. The summed E-state index contributed by atoms with van der Waals surface area (Å²) >= 11 is 3.42. The van der Waals surface area contributed by atoms with Gasteiger partial charge in [0.25, 0.3) is 0 Å². The lowest BCUT2D eigenvalue weighted by Gasteiger charge is -2.07. The second-order valence-electron chi connectivity index (χ2n) is 3.73. The fourth-order valence-electron chi connectivity index (χ4n) is 1.44. The van der Waals surface area contributed by atoms with Crippen LogP contribution in [0.3, 0.4) is 0 Å². The number of aromatic nitrogens is 3. The highest BCUT2D eigenvalue weighted by molar-refractivity contribution is 9.10. The second-order valence-corrected chi connectivity index (χ2v) is 4.58. The summed E-state index contributed by atoms with van der Waals surface area (Å²) in [5.41, 5.74) is 7.23. The first-order chi connectivity index (χ1) is 8.15. The Labute approximate surface area is 108 Å². The second kappa shape index (κ2) is 5.18. The molecule has 6 heteroatoms. The summed E-state index contributed by atoms with van der Waals surface area (Å²) in [6, 6.07) is 3.92. The molecule has 90 valence electrons. The quantitative estimate of drug-likeness (QED) is 0.906. The van der Waals surface area contributed by atoms with E-state index >= 15 is 0 Å². The predicted octanol–water partition coefficient (Wildman–Crippen LogP) is 2.04. The third-order valence-electron chi connectivity index (χ3n) is 2.32. The summed E-state index contributed by atoms with van der Waals surface area (Å²) in [6.07, 6.45) is 3.45. The van der Waals surface area contributed by atoms with E-state index in [-0.39, 0.29) is 0 Å². The summed E-state index contributed by atoms with van der Waals surface area (Å²) in [5, 5.41) is 7.34. The van der Waals surface area contributed by atoms with Gasteiger partial charge in [0.2, 0.25) is 0 Å². The number of nitrogens with zero attached hydrogens (tertiary/aromatic N) is 3. The van der Waals surface area contributed by atoms with Crippen molar-refractivity contribution in [3.05, 3.63) is 34.7 Å². The van der Waals surface area contributed by atoms with Gasteiger partial charge in [-0.15, -0.1) is 0 Å². The van der Waals surface area contributed by atoms with Crippen molar-refractivity contribution in [1.82, 2.24) is 14.8 Å². The van der Waals surface area contributed by atoms with Gasteiger partial charge in [-0.2, -0.15) is 5.10 Å². The molecule has 0 fully saturated rings. The Balaban J connectivity index is 1.87. The Morgan fingerprint density at radius 1 is 1.47 bits per heavy atom. The van der Waals surface area contributed by atoms with Crippen LogP contribution in [-0.4, -0.2) is 21.3 Å². The van der Waals surface area contributed by atoms with Gasteiger partial charge in [-0.1, -0.05) is 0 Å². The van der Waals surface area contributed by atoms with E-state index in [0.717, 1.165) is 29.1 Å². The maximum absolute atomic E-state index is 5.58. The van der Waals surface area contributed by atoms with Crippen molar-refractivity contribution in [2.24, 2.45) is 0 Å². The van der Waals surface area contributed by atoms with Gasteiger partial charge in [0.15, 0.2) is 0 Å². The van der Waals surface area contributed by atoms with Gasteiger partial charge in [-0.05, 0) is 35.0 Å². The number of hydrogen-bond donors (Lipinski definition) is 2. The number of hydrogen-bond acceptors (Lipinski definition) is 4. The number of nitrogens with two attached hydrogens (primary N) is 1. The number of anilines is 2. The number of nitrogen functional groups attached to an aromatic ring is 1. The van der Waals surface area contributed by atoms with Crippen LogP contribution in [0.4, 0.5) is 11.5 Å². The van der Waals surface area contributed by atoms with Crippen LogP contribution < -0.4 is 11.1 Å². The van der Waals surface area contributed by atoms with E-state index in [4.69, 9.17) is 5.73 Å². The highest BCUT2D eigenvalue weighted by Crippen LogP contribution is 2.15. The minimum Gasteiger partial charge on any atom is -0.396 e. The van der Waals surface area contributed by atoms with E-state index < -0.39 is 0 Å². The number of aryl methyl sites for hydroxylation is 1. The molecule has 0 amide bonds. The Morgan fingerprint density at radius 3 is 2.94 bits per heavy atom. The lowest BCUT2D eigenvalue weighted by Crippen LogP contribution is -2.11. The molecule has 2 aromatic heterocycles. The number of rotatable bonds is 4. The fourth-order valence-corrected chi connectivity index (χ4v) is 1.66. The van der Waals surface area contributed by atoms with Crippen molar-refractivity contribution in [2.75, 3.05) is 17.6 Å². The van der Waals surface area contributed by atoms with Gasteiger partial charge in [-0.3, -0.25) is 4.68 Å². The van der Waals surface area contributed by atoms with Gasteiger partial charge in [0, 0.05) is 17.2 Å². The summed E-state index contributed by atoms with van der Waals surface area (Å²) in [4.78, 5) is 4.40. The third kappa shape index (κ3) is 3.20. The SMILES string of the molecule is Cc1nc(NCCn2cc(N)cn2)ccc1Br. The maximum atomic E-state index is 5.58. The molecular weight excluding hydrogens is 282 g/mol. The number of pyridine rings is 1. The molecule has 0 aliphatic heterocycles. The summed E-state index contributed by atoms with van der Waals surface area (Å²) in [5.74, 6) is 0.867. The molecule has 0 spiro atoms. The van der Waals surface area contributed by atoms with E-state index in [1.165, 1.54) is 0 Å². The molecule has 2 aromatic rings. The first kappa shape index (κ1) is 11.9. The van der Waals surface area contributed by atoms with Crippen LogP contribution in [0.2, 0.25) is 0 Å². The zero-order valence-corrected chi connectivity index (χ0v) is 11.1. The van der Waals surface area contributed by atoms with Crippen LogP contribution in [0.15, 0.2) is 29.0 Å². The highest BCUT2D eigenvalue weighted by atomic mass is 79.9. The topological polar surface area (TPSA) is 68.8 Å². The molecule has 0 aliphatic carbocycles. The molecule has 0 saturated heterocycles. The van der Waals surface area contributed by atoms with Crippen molar-refractivity contribution in [3.63, 3.8) is 0 Å². The molecule has 17 heavy (non-hydrogen) atoms. The van der Waals surface area contributed by atoms with Crippen LogP contribution in [0.1, 0.15) is 5.69 Å². The largest absolute Gasteiger partial charge is 0.396 e. The van der Waals surface area contributed by atoms with Crippen LogP contribution in [0.25, 0.3) is 0 Å². The fraction of sp³-hybridized carbons (Fsp3) is 0.273. The van der Waals surface area contributed by atoms with Crippen molar-refractivity contribution in [2.45, 2.75) is 13.5 Å². The van der Waals surface area contributed by atoms with Crippen molar-refractivity contribution < 1.29 is 0 Å². The van der Waals surface area contributed by atoms with Gasteiger partial charge >= 0.3 is 0 Å². The molecule has 2 heterocycles. The summed E-state index contributed by atoms with van der Waals surface area (Å²) < 4.78 is 2.82. The molecule has 0 saturated carbocycles. The zero-order chi connectivity index (χ0) is 12.3. The molecule has 0 atom stereocenters. The first-order valence-electron chi connectivity index (χ1n) is 5.30. The predicted molar refractivity (Wildman–Crippen MR) is 71.8 cm³/mol. The standard InChI is InChI=1S/C11H14BrN5/c1-8-10(12)2-3-11(16-8)14-4-5-17-7-9(13)6-15-17/h2-3,6-7H,4-5,13H2,1H3,(H,14,16). The Kier molecular flexibility index (Phi) is 3.63. The smallest absolute Gasteiger partial charge is 0.126 e. The van der Waals surface area contributed by atoms with Gasteiger partial charge < -0.3 is 11.1 Å². The zero-order valence-electron chi connectivity index (χ0n) is 9.52. The molecule has 0 aliphatic rings. The average molecular weight is 296 g/mol. The first-order valence-corrected chi connectivity index (χ1v) is 6.09. The molecular formula is C11H14BrN5. The van der Waals surface area contributed by atoms with Gasteiger partial charge in [0.05, 0.1) is 24.1 Å². The van der Waals surface area contributed by atoms with Crippen molar-refractivity contribution >= 4 is 27.4 Å². The minimum atomic E-state index is 0.683. The molecule has 0 bridgehead atoms. The Morgan fingerprint density at radius 2 is 2.29 bits per heavy atom. The van der Waals surface area contributed by atoms with E-state index in [1.54, 1.807) is 10.9 Å². The van der Waals surface area contributed by atoms with Crippen molar-refractivity contribution in [1.29, 1.82) is 0 Å². The average Bonchev–Trinajstić information content (AvgIpc) is 2.70. The number of nitrogens with one attached hydrogen (secondary N) is 1. The summed E-state index contributed by atoms with van der Waals surface area (Å²) in [6.45, 7) is 3.48. The third-order valence-corrected chi connectivity index (χ3v) is 3.16. The Hall–Kier alpha value is -1.56. The lowest BCUT2D eigenvalue weighted by molar-refractivity contribution is 0.637. The van der Waals surface area contributed by atoms with E-state index in [2.05, 4.69) is 31.3 Å². The normalized spacial score (nSPS) is 10.5. The van der Waals surface area contributed by atoms with Crippen molar-refractivity contribution in [3.8, 4) is 0 Å². The van der Waals surface area contributed by atoms with E-state index in [1.807, 2.05) is 25.3 Å². The van der Waals surface area contributed by atoms with E-state index in [0.29, 0.717) is 5.69 Å². The Bertz CT molecular complexity index is 508.